The molecule has 2 aromatic heterocycles. The Morgan fingerprint density at radius 3 is 2.30 bits per heavy atom. The number of halogens is 2. The van der Waals surface area contributed by atoms with Gasteiger partial charge in [0.1, 0.15) is 30.6 Å². The van der Waals surface area contributed by atoms with Crippen molar-refractivity contribution in [2.75, 3.05) is 36.0 Å². The molecule has 1 aliphatic rings. The van der Waals surface area contributed by atoms with E-state index < -0.39 is 64.2 Å². The second-order valence-corrected chi connectivity index (χ2v) is 11.0. The lowest BCUT2D eigenvalue weighted by Gasteiger charge is -2.35. The minimum Gasteiger partial charge on any atom is -0.398 e. The van der Waals surface area contributed by atoms with E-state index in [4.69, 9.17) is 32.6 Å². The van der Waals surface area contributed by atoms with Crippen LogP contribution in [-0.4, -0.2) is 93.9 Å². The zero-order valence-corrected chi connectivity index (χ0v) is 23.9. The summed E-state index contributed by atoms with van der Waals surface area (Å²) in [4.78, 5) is 74.5. The van der Waals surface area contributed by atoms with E-state index in [0.29, 0.717) is 0 Å². The summed E-state index contributed by atoms with van der Waals surface area (Å²) in [5.41, 5.74) is -0.532. The van der Waals surface area contributed by atoms with Crippen molar-refractivity contribution in [3.63, 3.8) is 0 Å². The fraction of sp³-hybridized carbons (Fsp3) is 0.333. The predicted octanol–water partition coefficient (Wildman–Crippen LogP) is -0.708. The molecule has 3 rings (SSSR count). The summed E-state index contributed by atoms with van der Waals surface area (Å²) >= 11 is 12.8. The highest BCUT2D eigenvalue weighted by Crippen LogP contribution is 2.23. The van der Waals surface area contributed by atoms with Crippen LogP contribution in [0.5, 0.6) is 0 Å². The van der Waals surface area contributed by atoms with Crippen LogP contribution < -0.4 is 21.3 Å². The fourth-order valence-electron chi connectivity index (χ4n) is 2.96. The number of alkyl halides is 2. The Morgan fingerprint density at radius 2 is 1.75 bits per heavy atom. The molecule has 5 N–H and O–H groups in total. The molecule has 216 valence electrons. The Hall–Kier alpha value is -3.43. The van der Waals surface area contributed by atoms with E-state index in [1.54, 1.807) is 0 Å². The van der Waals surface area contributed by atoms with Crippen LogP contribution in [-0.2, 0) is 39.1 Å². The van der Waals surface area contributed by atoms with Crippen molar-refractivity contribution < 1.29 is 41.8 Å². The maximum Gasteiger partial charge on any atom is 0.362 e. The number of aromatic nitrogens is 2. The van der Waals surface area contributed by atoms with Gasteiger partial charge in [0.15, 0.2) is 22.0 Å². The highest BCUT2D eigenvalue weighted by atomic mass is 35.5. The van der Waals surface area contributed by atoms with E-state index in [1.165, 1.54) is 10.8 Å². The molecule has 2 aromatic rings. The third-order valence-electron chi connectivity index (χ3n) is 4.72. The van der Waals surface area contributed by atoms with Gasteiger partial charge in [-0.3, -0.25) is 28.5 Å². The van der Waals surface area contributed by atoms with Gasteiger partial charge in [-0.1, -0.05) is 5.16 Å². The molecule has 0 aromatic carbocycles. The second kappa shape index (κ2) is 13.3. The van der Waals surface area contributed by atoms with Gasteiger partial charge in [0.2, 0.25) is 17.7 Å². The molecule has 0 aliphatic carbocycles. The Labute approximate surface area is 243 Å². The van der Waals surface area contributed by atoms with Crippen LogP contribution >= 0.6 is 45.9 Å². The minimum atomic E-state index is -4.81. The molecular weight excluding hydrogens is 639 g/mol. The summed E-state index contributed by atoms with van der Waals surface area (Å²) in [6.07, 6.45) is 0. The SMILES string of the molecule is CO/N=C(\C(=O)NC(C(=O)NC1CN(S(=O)(=O)O)C1=O)c1csc(NC(=O)CCl)n1)c1csc(NC(=O)CCl)n1. The first kappa shape index (κ1) is 31.1. The van der Waals surface area contributed by atoms with Gasteiger partial charge in [-0.05, 0) is 0 Å². The summed E-state index contributed by atoms with van der Waals surface area (Å²) in [5.74, 6) is -4.95. The van der Waals surface area contributed by atoms with Crippen LogP contribution in [0.15, 0.2) is 15.9 Å². The van der Waals surface area contributed by atoms with Crippen molar-refractivity contribution >= 4 is 102 Å². The van der Waals surface area contributed by atoms with Crippen LogP contribution in [0.1, 0.15) is 17.4 Å². The predicted molar refractivity (Wildman–Crippen MR) is 143 cm³/mol. The molecule has 3 heterocycles. The number of oxime groups is 1. The van der Waals surface area contributed by atoms with E-state index in [9.17, 15) is 32.4 Å². The molecule has 2 atom stereocenters. The Kier molecular flexibility index (Phi) is 10.3. The van der Waals surface area contributed by atoms with E-state index in [2.05, 4.69) is 36.4 Å². The number of nitrogens with zero attached hydrogens (tertiary/aromatic N) is 4. The van der Waals surface area contributed by atoms with Crippen molar-refractivity contribution in [1.82, 2.24) is 24.9 Å². The molecule has 0 saturated carbocycles. The molecule has 17 nitrogen and oxygen atoms in total. The van der Waals surface area contributed by atoms with Crippen LogP contribution in [0.25, 0.3) is 0 Å². The first-order chi connectivity index (χ1) is 18.9. The third kappa shape index (κ3) is 7.61. The largest absolute Gasteiger partial charge is 0.398 e. The summed E-state index contributed by atoms with van der Waals surface area (Å²) in [7, 11) is -3.66. The first-order valence-corrected chi connectivity index (χ1v) is 14.7. The maximum absolute atomic E-state index is 13.2. The van der Waals surface area contributed by atoms with Gasteiger partial charge in [-0.15, -0.1) is 45.9 Å². The van der Waals surface area contributed by atoms with E-state index in [0.717, 1.165) is 29.8 Å². The van der Waals surface area contributed by atoms with Gasteiger partial charge < -0.3 is 26.1 Å². The number of carbonyl (C=O) groups is 5. The third-order valence-corrected chi connectivity index (χ3v) is 7.63. The van der Waals surface area contributed by atoms with Gasteiger partial charge >= 0.3 is 10.3 Å². The maximum atomic E-state index is 13.2. The second-order valence-electron chi connectivity index (χ2n) is 7.42. The van der Waals surface area contributed by atoms with Gasteiger partial charge in [0, 0.05) is 10.8 Å². The Morgan fingerprint density at radius 1 is 1.15 bits per heavy atom. The molecule has 1 saturated heterocycles. The monoisotopic (exact) mass is 656 g/mol. The van der Waals surface area contributed by atoms with Crippen molar-refractivity contribution in [3.05, 3.63) is 22.1 Å². The molecule has 0 spiro atoms. The summed E-state index contributed by atoms with van der Waals surface area (Å²) < 4.78 is 31.6. The smallest absolute Gasteiger partial charge is 0.362 e. The number of carbonyl (C=O) groups excluding carboxylic acids is 5. The lowest BCUT2D eigenvalue weighted by molar-refractivity contribution is -0.141. The van der Waals surface area contributed by atoms with Gasteiger partial charge in [-0.25, -0.2) is 14.3 Å². The average molecular weight is 657 g/mol. The summed E-state index contributed by atoms with van der Waals surface area (Å²) in [6, 6.07) is -2.93. The van der Waals surface area contributed by atoms with Crippen molar-refractivity contribution in [1.29, 1.82) is 0 Å². The Balaban J connectivity index is 1.86. The molecule has 0 bridgehead atoms. The molecule has 5 amide bonds. The van der Waals surface area contributed by atoms with Gasteiger partial charge in [0.25, 0.3) is 11.8 Å². The fourth-order valence-corrected chi connectivity index (χ4v) is 5.25. The van der Waals surface area contributed by atoms with Gasteiger partial charge in [-0.2, -0.15) is 8.42 Å². The highest BCUT2D eigenvalue weighted by Gasteiger charge is 2.45. The van der Waals surface area contributed by atoms with E-state index in [1.807, 2.05) is 0 Å². The molecule has 1 fully saturated rings. The van der Waals surface area contributed by atoms with Crippen LogP contribution in [0, 0.1) is 0 Å². The molecule has 1 aliphatic heterocycles. The van der Waals surface area contributed by atoms with Crippen LogP contribution in [0.2, 0.25) is 0 Å². The molecule has 0 radical (unpaired) electrons. The molecule has 22 heteroatoms. The molecule has 40 heavy (non-hydrogen) atoms. The highest BCUT2D eigenvalue weighted by molar-refractivity contribution is 7.84. The summed E-state index contributed by atoms with van der Waals surface area (Å²) in [6.45, 7) is -0.551. The minimum absolute atomic E-state index is 0.0370. The lowest BCUT2D eigenvalue weighted by Crippen LogP contribution is -2.66. The number of β-lactam (4-membered cyclic amide) rings is 1. The van der Waals surface area contributed by atoms with Crippen molar-refractivity contribution in [2.24, 2.45) is 5.16 Å². The Bertz CT molecular complexity index is 1460. The normalized spacial score (nSPS) is 16.0. The number of thiazole rings is 2. The number of rotatable bonds is 12. The average Bonchev–Trinajstić information content (AvgIpc) is 3.56. The standard InChI is InChI=1S/C18H18Cl2N8O9S3/c1-37-27-13(9-6-39-18(23-9)25-11(30)3-20)15(32)26-12(8-5-38-17(22-8)24-10(29)2-19)14(31)21-7-4-28(16(7)33)40(34,35)36/h5-7,12H,2-4H2,1H3,(H,21,31)(H,26,32)(H,22,24,29)(H,23,25,30)(H,34,35,36)/b27-13-. The van der Waals surface area contributed by atoms with Crippen LogP contribution in [0.4, 0.5) is 10.3 Å². The number of hydrogen-bond donors (Lipinski definition) is 5. The first-order valence-electron chi connectivity index (χ1n) is 10.5. The van der Waals surface area contributed by atoms with Crippen LogP contribution in [0.3, 0.4) is 0 Å². The zero-order chi connectivity index (χ0) is 29.6. The number of amides is 5. The van der Waals surface area contributed by atoms with Crippen molar-refractivity contribution in [2.45, 2.75) is 12.1 Å². The number of anilines is 2. The molecule has 2 unspecified atom stereocenters. The topological polar surface area (TPSA) is 238 Å². The number of hydrogen-bond acceptors (Lipinski definition) is 13. The summed E-state index contributed by atoms with van der Waals surface area (Å²) in [5, 5.41) is 15.9. The molecular formula is C18H18Cl2N8O9S3. The van der Waals surface area contributed by atoms with E-state index in [-0.39, 0.29) is 37.7 Å². The van der Waals surface area contributed by atoms with E-state index >= 15 is 0 Å². The lowest BCUT2D eigenvalue weighted by atomic mass is 10.1. The zero-order valence-electron chi connectivity index (χ0n) is 19.9. The van der Waals surface area contributed by atoms with Crippen molar-refractivity contribution in [3.8, 4) is 0 Å². The number of nitrogens with one attached hydrogen (secondary N) is 4. The van der Waals surface area contributed by atoms with Gasteiger partial charge in [0.05, 0.1) is 12.2 Å². The quantitative estimate of drug-likeness (QED) is 0.0628.